The summed E-state index contributed by atoms with van der Waals surface area (Å²) < 4.78 is 5.42. The van der Waals surface area contributed by atoms with E-state index in [1.165, 1.54) is 11.1 Å². The van der Waals surface area contributed by atoms with Gasteiger partial charge in [-0.1, -0.05) is 36.4 Å². The Bertz CT molecular complexity index is 813. The van der Waals surface area contributed by atoms with E-state index in [2.05, 4.69) is 4.98 Å². The van der Waals surface area contributed by atoms with Gasteiger partial charge in [-0.3, -0.25) is 4.98 Å². The van der Waals surface area contributed by atoms with Gasteiger partial charge in [-0.25, -0.2) is 0 Å². The molecule has 1 atom stereocenters. The average molecular weight is 277 g/mol. The molecule has 0 aliphatic carbocycles. The Morgan fingerprint density at radius 2 is 1.81 bits per heavy atom. The summed E-state index contributed by atoms with van der Waals surface area (Å²) in [6.45, 7) is 1.30. The van der Waals surface area contributed by atoms with Crippen molar-refractivity contribution in [1.29, 1.82) is 0 Å². The quantitative estimate of drug-likeness (QED) is 0.781. The van der Waals surface area contributed by atoms with Crippen LogP contribution in [-0.4, -0.2) is 10.1 Å². The van der Waals surface area contributed by atoms with Crippen molar-refractivity contribution in [2.45, 2.75) is 19.3 Å². The van der Waals surface area contributed by atoms with Crippen LogP contribution in [0.3, 0.4) is 0 Å². The fourth-order valence-electron chi connectivity index (χ4n) is 2.79. The molecule has 2 heterocycles. The summed E-state index contributed by atoms with van der Waals surface area (Å²) in [6, 6.07) is 16.0. The molecule has 3 heteroatoms. The smallest absolute Gasteiger partial charge is 0.106 e. The van der Waals surface area contributed by atoms with Gasteiger partial charge in [-0.05, 0) is 28.8 Å². The molecule has 4 rings (SSSR count). The van der Waals surface area contributed by atoms with E-state index in [1.54, 1.807) is 6.20 Å². The van der Waals surface area contributed by atoms with Crippen molar-refractivity contribution in [2.75, 3.05) is 0 Å². The zero-order chi connectivity index (χ0) is 14.2. The number of pyridine rings is 1. The van der Waals surface area contributed by atoms with Crippen molar-refractivity contribution in [2.24, 2.45) is 0 Å². The number of nitrogens with zero attached hydrogens (tertiary/aromatic N) is 1. The molecule has 0 saturated heterocycles. The van der Waals surface area contributed by atoms with E-state index >= 15 is 0 Å². The highest BCUT2D eigenvalue weighted by molar-refractivity contribution is 5.78. The molecule has 0 spiro atoms. The largest absolute Gasteiger partial charge is 0.384 e. The van der Waals surface area contributed by atoms with E-state index in [4.69, 9.17) is 4.74 Å². The van der Waals surface area contributed by atoms with Gasteiger partial charge in [-0.2, -0.15) is 0 Å². The van der Waals surface area contributed by atoms with Gasteiger partial charge in [0.1, 0.15) is 6.10 Å². The van der Waals surface area contributed by atoms with Gasteiger partial charge < -0.3 is 9.84 Å². The molecule has 1 aliphatic rings. The van der Waals surface area contributed by atoms with E-state index in [9.17, 15) is 5.11 Å². The first-order valence-corrected chi connectivity index (χ1v) is 7.03. The molecule has 1 aromatic heterocycles. The van der Waals surface area contributed by atoms with Crippen LogP contribution in [0, 0.1) is 0 Å². The van der Waals surface area contributed by atoms with Gasteiger partial charge >= 0.3 is 0 Å². The fourth-order valence-corrected chi connectivity index (χ4v) is 2.79. The number of aromatic nitrogens is 1. The van der Waals surface area contributed by atoms with Crippen molar-refractivity contribution in [3.05, 3.63) is 77.0 Å². The summed E-state index contributed by atoms with van der Waals surface area (Å²) in [5.41, 5.74) is 5.02. The van der Waals surface area contributed by atoms with E-state index in [0.29, 0.717) is 13.2 Å². The van der Waals surface area contributed by atoms with Gasteiger partial charge in [0, 0.05) is 17.1 Å². The lowest BCUT2D eigenvalue weighted by molar-refractivity contribution is 0.134. The molecule has 104 valence electrons. The molecule has 1 aliphatic heterocycles. The van der Waals surface area contributed by atoms with Crippen molar-refractivity contribution in [1.82, 2.24) is 4.98 Å². The molecule has 0 bridgehead atoms. The number of hydrogen-bond acceptors (Lipinski definition) is 3. The van der Waals surface area contributed by atoms with E-state index < -0.39 is 6.10 Å². The van der Waals surface area contributed by atoms with E-state index in [0.717, 1.165) is 22.0 Å². The maximum atomic E-state index is 10.6. The van der Waals surface area contributed by atoms with Crippen LogP contribution >= 0.6 is 0 Å². The molecular formula is C18H15NO2. The van der Waals surface area contributed by atoms with E-state index in [1.807, 2.05) is 48.5 Å². The van der Waals surface area contributed by atoms with Gasteiger partial charge in [0.15, 0.2) is 0 Å². The molecule has 21 heavy (non-hydrogen) atoms. The number of hydrogen-bond donors (Lipinski definition) is 1. The van der Waals surface area contributed by atoms with Crippen LogP contribution in [0.25, 0.3) is 10.9 Å². The van der Waals surface area contributed by atoms with Crippen molar-refractivity contribution in [3.8, 4) is 0 Å². The Labute approximate surface area is 122 Å². The van der Waals surface area contributed by atoms with Gasteiger partial charge in [0.05, 0.1) is 18.7 Å². The van der Waals surface area contributed by atoms with Crippen molar-refractivity contribution < 1.29 is 9.84 Å². The third-order valence-corrected chi connectivity index (χ3v) is 3.99. The minimum Gasteiger partial charge on any atom is -0.384 e. The zero-order valence-electron chi connectivity index (χ0n) is 11.5. The first-order valence-electron chi connectivity index (χ1n) is 7.03. The summed E-state index contributed by atoms with van der Waals surface area (Å²) in [5.74, 6) is 0. The number of fused-ring (bicyclic) bond motifs is 2. The average Bonchev–Trinajstić information content (AvgIpc) is 3.01. The fraction of sp³-hybridized carbons (Fsp3) is 0.167. The zero-order valence-corrected chi connectivity index (χ0v) is 11.5. The van der Waals surface area contributed by atoms with Crippen LogP contribution in [0.4, 0.5) is 0 Å². The highest BCUT2D eigenvalue weighted by Gasteiger charge is 2.16. The Morgan fingerprint density at radius 3 is 2.76 bits per heavy atom. The highest BCUT2D eigenvalue weighted by Crippen LogP contribution is 2.28. The minimum absolute atomic E-state index is 0.631. The third-order valence-electron chi connectivity index (χ3n) is 3.99. The predicted octanol–water partition coefficient (Wildman–Crippen LogP) is 3.35. The van der Waals surface area contributed by atoms with Crippen molar-refractivity contribution in [3.63, 3.8) is 0 Å². The molecule has 0 fully saturated rings. The van der Waals surface area contributed by atoms with Crippen LogP contribution in [-0.2, 0) is 18.0 Å². The molecule has 3 aromatic rings. The lowest BCUT2D eigenvalue weighted by Gasteiger charge is -2.13. The summed E-state index contributed by atoms with van der Waals surface area (Å²) >= 11 is 0. The summed E-state index contributed by atoms with van der Waals surface area (Å²) in [7, 11) is 0. The molecule has 0 amide bonds. The number of aliphatic hydroxyl groups is 1. The standard InChI is InChI=1S/C18H15NO2/c20-18(13-5-6-14-10-21-11-16(14)8-13)15-7-12-3-1-2-4-17(12)19-9-15/h1-9,18,20H,10-11H2. The molecule has 1 unspecified atom stereocenters. The minimum atomic E-state index is -0.659. The number of aliphatic hydroxyl groups excluding tert-OH is 1. The predicted molar refractivity (Wildman–Crippen MR) is 80.7 cm³/mol. The van der Waals surface area contributed by atoms with Gasteiger partial charge in [-0.15, -0.1) is 0 Å². The second kappa shape index (κ2) is 4.95. The Morgan fingerprint density at radius 1 is 0.952 bits per heavy atom. The van der Waals surface area contributed by atoms with Crippen LogP contribution in [0.1, 0.15) is 28.4 Å². The molecule has 0 radical (unpaired) electrons. The maximum absolute atomic E-state index is 10.6. The summed E-state index contributed by atoms with van der Waals surface area (Å²) in [6.07, 6.45) is 1.09. The maximum Gasteiger partial charge on any atom is 0.106 e. The van der Waals surface area contributed by atoms with Crippen molar-refractivity contribution >= 4 is 10.9 Å². The second-order valence-corrected chi connectivity index (χ2v) is 5.38. The first-order chi connectivity index (χ1) is 10.3. The Hall–Kier alpha value is -2.23. The normalized spacial score (nSPS) is 15.1. The summed E-state index contributed by atoms with van der Waals surface area (Å²) in [4.78, 5) is 4.42. The topological polar surface area (TPSA) is 42.4 Å². The second-order valence-electron chi connectivity index (χ2n) is 5.38. The number of benzene rings is 2. The van der Waals surface area contributed by atoms with Crippen LogP contribution in [0.5, 0.6) is 0 Å². The van der Waals surface area contributed by atoms with Gasteiger partial charge in [0.2, 0.25) is 0 Å². The third kappa shape index (κ3) is 2.20. The lowest BCUT2D eigenvalue weighted by atomic mass is 9.98. The van der Waals surface area contributed by atoms with Crippen LogP contribution < -0.4 is 0 Å². The Kier molecular flexibility index (Phi) is 2.95. The number of rotatable bonds is 2. The lowest BCUT2D eigenvalue weighted by Crippen LogP contribution is -2.01. The SMILES string of the molecule is OC(c1ccc2c(c1)COC2)c1cnc2ccccc2c1. The molecule has 1 N–H and O–H groups in total. The van der Waals surface area contributed by atoms with Gasteiger partial charge in [0.25, 0.3) is 0 Å². The van der Waals surface area contributed by atoms with E-state index in [-0.39, 0.29) is 0 Å². The first kappa shape index (κ1) is 12.5. The van der Waals surface area contributed by atoms with Crippen LogP contribution in [0.2, 0.25) is 0 Å². The highest BCUT2D eigenvalue weighted by atomic mass is 16.5. The molecule has 3 nitrogen and oxygen atoms in total. The number of ether oxygens (including phenoxy) is 1. The van der Waals surface area contributed by atoms with Crippen LogP contribution in [0.15, 0.2) is 54.7 Å². The molecule has 0 saturated carbocycles. The summed E-state index contributed by atoms with van der Waals surface area (Å²) in [5, 5.41) is 11.6. The number of para-hydroxylation sites is 1. The molecule has 2 aromatic carbocycles. The molecular weight excluding hydrogens is 262 g/mol. The Balaban J connectivity index is 1.73. The monoisotopic (exact) mass is 277 g/mol.